The molecule has 0 aliphatic rings. The number of carbonyl (C=O) groups excluding carboxylic acids is 1. The van der Waals surface area contributed by atoms with Crippen LogP contribution in [0.2, 0.25) is 0 Å². The van der Waals surface area contributed by atoms with E-state index in [9.17, 15) is 15.2 Å². The minimum Gasteiger partial charge on any atom is -0.507 e. The van der Waals surface area contributed by atoms with E-state index < -0.39 is 5.91 Å². The first kappa shape index (κ1) is 21.2. The summed E-state index contributed by atoms with van der Waals surface area (Å²) in [5.74, 6) is -0.194. The maximum Gasteiger partial charge on any atom is 0.266 e. The second-order valence-corrected chi connectivity index (χ2v) is 8.95. The molecule has 0 radical (unpaired) electrons. The molecule has 0 spiro atoms. The SMILES string of the molecule is CC(C)(C)c1cc(C=C(C#N)C(=O)Nc2ccccc2)cc(C(C)(C)C)c1O. The van der Waals surface area contributed by atoms with E-state index in [4.69, 9.17) is 0 Å². The summed E-state index contributed by atoms with van der Waals surface area (Å²) in [5, 5.41) is 23.1. The molecule has 0 aromatic heterocycles. The van der Waals surface area contributed by atoms with Gasteiger partial charge in [-0.2, -0.15) is 5.26 Å². The second kappa shape index (κ2) is 7.90. The first-order valence-corrected chi connectivity index (χ1v) is 9.29. The van der Waals surface area contributed by atoms with Gasteiger partial charge in [-0.15, -0.1) is 0 Å². The standard InChI is InChI=1S/C24H28N2O2/c1-23(2,3)19-13-16(14-20(21(19)27)24(4,5)6)12-17(15-25)22(28)26-18-10-8-7-9-11-18/h7-14,27H,1-6H3,(H,26,28). The highest BCUT2D eigenvalue weighted by atomic mass is 16.3. The molecule has 2 rings (SSSR count). The van der Waals surface area contributed by atoms with E-state index in [0.717, 1.165) is 11.1 Å². The van der Waals surface area contributed by atoms with Crippen LogP contribution in [-0.2, 0) is 15.6 Å². The van der Waals surface area contributed by atoms with Crippen LogP contribution in [0.15, 0.2) is 48.0 Å². The summed E-state index contributed by atoms with van der Waals surface area (Å²) >= 11 is 0. The number of rotatable bonds is 3. The number of para-hydroxylation sites is 1. The zero-order chi connectivity index (χ0) is 21.1. The molecule has 2 aromatic rings. The van der Waals surface area contributed by atoms with Crippen LogP contribution in [0.4, 0.5) is 5.69 Å². The maximum absolute atomic E-state index is 12.5. The van der Waals surface area contributed by atoms with E-state index in [0.29, 0.717) is 11.3 Å². The first-order chi connectivity index (χ1) is 12.9. The molecular formula is C24H28N2O2. The topological polar surface area (TPSA) is 73.1 Å². The summed E-state index contributed by atoms with van der Waals surface area (Å²) in [6.07, 6.45) is 1.57. The predicted octanol–water partition coefficient (Wildman–Crippen LogP) is 5.53. The Hall–Kier alpha value is -3.06. The largest absolute Gasteiger partial charge is 0.507 e. The second-order valence-electron chi connectivity index (χ2n) is 8.95. The molecule has 2 N–H and O–H groups in total. The van der Waals surface area contributed by atoms with Crippen LogP contribution < -0.4 is 5.32 Å². The molecule has 0 aliphatic heterocycles. The quantitative estimate of drug-likeness (QED) is 0.546. The van der Waals surface area contributed by atoms with E-state index in [1.54, 1.807) is 18.2 Å². The lowest BCUT2D eigenvalue weighted by molar-refractivity contribution is -0.112. The van der Waals surface area contributed by atoms with Crippen LogP contribution in [0, 0.1) is 11.3 Å². The third-order valence-corrected chi connectivity index (χ3v) is 4.46. The van der Waals surface area contributed by atoms with Crippen LogP contribution in [0.3, 0.4) is 0 Å². The average molecular weight is 377 g/mol. The van der Waals surface area contributed by atoms with Crippen molar-refractivity contribution in [1.82, 2.24) is 0 Å². The molecule has 0 heterocycles. The number of carbonyl (C=O) groups is 1. The van der Waals surface area contributed by atoms with Crippen LogP contribution >= 0.6 is 0 Å². The lowest BCUT2D eigenvalue weighted by Crippen LogP contribution is -2.18. The molecule has 0 saturated heterocycles. The van der Waals surface area contributed by atoms with Crippen molar-refractivity contribution >= 4 is 17.7 Å². The van der Waals surface area contributed by atoms with E-state index in [2.05, 4.69) is 5.32 Å². The van der Waals surface area contributed by atoms with Crippen molar-refractivity contribution in [2.24, 2.45) is 0 Å². The van der Waals surface area contributed by atoms with Gasteiger partial charge in [0.1, 0.15) is 17.4 Å². The van der Waals surface area contributed by atoms with Gasteiger partial charge in [-0.3, -0.25) is 4.79 Å². The van der Waals surface area contributed by atoms with Gasteiger partial charge in [0.25, 0.3) is 5.91 Å². The number of aromatic hydroxyl groups is 1. The number of phenols is 1. The molecule has 1 amide bonds. The lowest BCUT2D eigenvalue weighted by Gasteiger charge is -2.28. The molecule has 28 heavy (non-hydrogen) atoms. The van der Waals surface area contributed by atoms with Crippen LogP contribution in [0.5, 0.6) is 5.75 Å². The normalized spacial score (nSPS) is 12.4. The number of amides is 1. The molecule has 0 unspecified atom stereocenters. The van der Waals surface area contributed by atoms with Crippen molar-refractivity contribution in [3.63, 3.8) is 0 Å². The molecule has 0 saturated carbocycles. The Bertz CT molecular complexity index is 902. The lowest BCUT2D eigenvalue weighted by atomic mass is 9.78. The molecular weight excluding hydrogens is 348 g/mol. The number of hydrogen-bond donors (Lipinski definition) is 2. The molecule has 0 aliphatic carbocycles. The Morgan fingerprint density at radius 3 is 1.93 bits per heavy atom. The fourth-order valence-electron chi connectivity index (χ4n) is 2.92. The third kappa shape index (κ3) is 5.01. The van der Waals surface area contributed by atoms with Crippen molar-refractivity contribution in [3.8, 4) is 11.8 Å². The van der Waals surface area contributed by atoms with E-state index in [1.807, 2.05) is 77.9 Å². The van der Waals surface area contributed by atoms with Crippen LogP contribution in [-0.4, -0.2) is 11.0 Å². The highest BCUT2D eigenvalue weighted by Crippen LogP contribution is 2.40. The smallest absolute Gasteiger partial charge is 0.266 e. The number of nitriles is 1. The Morgan fingerprint density at radius 1 is 1.00 bits per heavy atom. The van der Waals surface area contributed by atoms with Gasteiger partial charge >= 0.3 is 0 Å². The number of phenolic OH excluding ortho intramolecular Hbond substituents is 1. The van der Waals surface area contributed by atoms with Crippen LogP contribution in [0.1, 0.15) is 58.2 Å². The summed E-state index contributed by atoms with van der Waals surface area (Å²) in [6, 6.07) is 14.7. The van der Waals surface area contributed by atoms with E-state index in [-0.39, 0.29) is 22.2 Å². The molecule has 0 atom stereocenters. The fourth-order valence-corrected chi connectivity index (χ4v) is 2.92. The Labute approximate surface area is 167 Å². The summed E-state index contributed by atoms with van der Waals surface area (Å²) in [4.78, 5) is 12.5. The van der Waals surface area contributed by atoms with Gasteiger partial charge in [-0.1, -0.05) is 59.7 Å². The fraction of sp³-hybridized carbons (Fsp3) is 0.333. The van der Waals surface area contributed by atoms with Crippen molar-refractivity contribution in [2.75, 3.05) is 5.32 Å². The maximum atomic E-state index is 12.5. The third-order valence-electron chi connectivity index (χ3n) is 4.46. The summed E-state index contributed by atoms with van der Waals surface area (Å²) < 4.78 is 0. The number of nitrogens with one attached hydrogen (secondary N) is 1. The van der Waals surface area contributed by atoms with Crippen molar-refractivity contribution < 1.29 is 9.90 Å². The van der Waals surface area contributed by atoms with Gasteiger partial charge in [-0.05, 0) is 46.7 Å². The Morgan fingerprint density at radius 2 is 1.50 bits per heavy atom. The number of anilines is 1. The average Bonchev–Trinajstić information content (AvgIpc) is 2.59. The highest BCUT2D eigenvalue weighted by Gasteiger charge is 2.26. The number of hydrogen-bond acceptors (Lipinski definition) is 3. The molecule has 0 fully saturated rings. The van der Waals surface area contributed by atoms with Gasteiger partial charge in [-0.25, -0.2) is 0 Å². The molecule has 4 heteroatoms. The first-order valence-electron chi connectivity index (χ1n) is 9.29. The van der Waals surface area contributed by atoms with Crippen molar-refractivity contribution in [3.05, 3.63) is 64.7 Å². The molecule has 2 aromatic carbocycles. The summed E-state index contributed by atoms with van der Waals surface area (Å²) in [6.45, 7) is 12.1. The van der Waals surface area contributed by atoms with Crippen LogP contribution in [0.25, 0.3) is 6.08 Å². The van der Waals surface area contributed by atoms with Gasteiger partial charge in [0.15, 0.2) is 0 Å². The van der Waals surface area contributed by atoms with Gasteiger partial charge in [0.2, 0.25) is 0 Å². The van der Waals surface area contributed by atoms with Gasteiger partial charge in [0.05, 0.1) is 0 Å². The molecule has 4 nitrogen and oxygen atoms in total. The zero-order valence-corrected chi connectivity index (χ0v) is 17.4. The summed E-state index contributed by atoms with van der Waals surface area (Å²) in [7, 11) is 0. The molecule has 146 valence electrons. The number of nitrogens with zero attached hydrogens (tertiary/aromatic N) is 1. The zero-order valence-electron chi connectivity index (χ0n) is 17.4. The monoisotopic (exact) mass is 376 g/mol. The Balaban J connectivity index is 2.53. The van der Waals surface area contributed by atoms with Gasteiger partial charge in [0, 0.05) is 16.8 Å². The van der Waals surface area contributed by atoms with E-state index in [1.165, 1.54) is 0 Å². The summed E-state index contributed by atoms with van der Waals surface area (Å²) in [5.41, 5.74) is 2.35. The number of benzene rings is 2. The van der Waals surface area contributed by atoms with E-state index >= 15 is 0 Å². The highest BCUT2D eigenvalue weighted by molar-refractivity contribution is 6.09. The molecule has 0 bridgehead atoms. The predicted molar refractivity (Wildman–Crippen MR) is 114 cm³/mol. The van der Waals surface area contributed by atoms with Crippen molar-refractivity contribution in [1.29, 1.82) is 5.26 Å². The van der Waals surface area contributed by atoms with Gasteiger partial charge < -0.3 is 10.4 Å². The Kier molecular flexibility index (Phi) is 5.99. The van der Waals surface area contributed by atoms with Crippen molar-refractivity contribution in [2.45, 2.75) is 52.4 Å². The minimum absolute atomic E-state index is 0.00858. The minimum atomic E-state index is -0.462.